The summed E-state index contributed by atoms with van der Waals surface area (Å²) >= 11 is 0. The Morgan fingerprint density at radius 2 is 1.16 bits per heavy atom. The van der Waals surface area contributed by atoms with Crippen LogP contribution in [-0.2, 0) is 10.2 Å². The van der Waals surface area contributed by atoms with Gasteiger partial charge >= 0.3 is 0 Å². The summed E-state index contributed by atoms with van der Waals surface area (Å²) in [6.45, 7) is 17.7. The van der Waals surface area contributed by atoms with E-state index in [1.807, 2.05) is 6.07 Å². The van der Waals surface area contributed by atoms with E-state index in [1.54, 1.807) is 11.1 Å². The average Bonchev–Trinajstić information content (AvgIpc) is 3.57. The molecule has 6 heteroatoms. The number of benzene rings is 3. The van der Waals surface area contributed by atoms with Crippen LogP contribution in [-0.4, -0.2) is 109 Å². The van der Waals surface area contributed by atoms with Gasteiger partial charge < -0.3 is 10.2 Å². The molecule has 55 heavy (non-hydrogen) atoms. The molecule has 2 aliphatic carbocycles. The Morgan fingerprint density at radius 3 is 1.71 bits per heavy atom. The predicted molar refractivity (Wildman–Crippen MR) is 227 cm³/mol. The predicted octanol–water partition coefficient (Wildman–Crippen LogP) is 8.31. The van der Waals surface area contributed by atoms with Crippen LogP contribution >= 0.6 is 0 Å². The van der Waals surface area contributed by atoms with Crippen molar-refractivity contribution in [2.24, 2.45) is 5.92 Å². The number of piperidine rings is 1. The van der Waals surface area contributed by atoms with Gasteiger partial charge in [0, 0.05) is 43.8 Å². The van der Waals surface area contributed by atoms with Crippen LogP contribution in [0.2, 0.25) is 0 Å². The molecular formula is C49H69N5O. The number of rotatable bonds is 10. The van der Waals surface area contributed by atoms with Crippen LogP contribution in [0.3, 0.4) is 0 Å². The number of likely N-dealkylation sites (N-methyl/N-ethyl adjacent to an activating group) is 1. The van der Waals surface area contributed by atoms with Crippen LogP contribution in [0.5, 0.6) is 0 Å². The number of nitrogens with zero attached hydrogens (tertiary/aromatic N) is 4. The van der Waals surface area contributed by atoms with Gasteiger partial charge in [0.15, 0.2) is 0 Å². The first-order valence-electron chi connectivity index (χ1n) is 22.4. The third kappa shape index (κ3) is 7.95. The second-order valence-electron chi connectivity index (χ2n) is 18.2. The molecule has 8 fully saturated rings. The number of amides is 1. The highest BCUT2D eigenvalue weighted by Crippen LogP contribution is 2.55. The molecule has 1 N–H and O–H groups in total. The molecule has 296 valence electrons. The molecule has 2 saturated carbocycles. The summed E-state index contributed by atoms with van der Waals surface area (Å²) in [6.07, 6.45) is 13.7. The van der Waals surface area contributed by atoms with Crippen molar-refractivity contribution >= 4 is 5.91 Å². The second-order valence-corrected chi connectivity index (χ2v) is 18.2. The van der Waals surface area contributed by atoms with Gasteiger partial charge in [0.1, 0.15) is 0 Å². The minimum Gasteiger partial charge on any atom is -0.353 e. The molecule has 0 radical (unpaired) electrons. The summed E-state index contributed by atoms with van der Waals surface area (Å²) in [4.78, 5) is 23.9. The number of likely N-dealkylation sites (tertiary alicyclic amines) is 2. The largest absolute Gasteiger partial charge is 0.353 e. The van der Waals surface area contributed by atoms with E-state index in [2.05, 4.69) is 124 Å². The van der Waals surface area contributed by atoms with Crippen molar-refractivity contribution < 1.29 is 4.79 Å². The highest BCUT2D eigenvalue weighted by Gasteiger charge is 2.55. The molecule has 2 unspecified atom stereocenters. The van der Waals surface area contributed by atoms with E-state index in [4.69, 9.17) is 0 Å². The standard InChI is InChI=1S/C31H45N3.C18H24N2O/c1-3-32(4-2)20-21-33-24-30-28(26-14-8-5-9-15-26)22-31(25-33,34-18-12-7-13-19-34)23-29(30)27-16-10-6-11-17-27;21-16-18(15-6-2-1-3-7-15)10-8-17(9-11-18,14-19-16)20-12-4-5-13-20/h5-6,8-11,14-17,28-30H,3-4,7,12-13,18-25H2,1-2H3;1-3,6-7H,4-5,8-14H2,(H,19,21). The molecule has 0 aromatic heterocycles. The molecule has 6 saturated heterocycles. The van der Waals surface area contributed by atoms with Crippen LogP contribution in [0.15, 0.2) is 91.0 Å². The molecule has 6 aliphatic heterocycles. The molecule has 3 aromatic carbocycles. The van der Waals surface area contributed by atoms with Crippen LogP contribution in [0, 0.1) is 5.92 Å². The molecule has 3 aromatic rings. The van der Waals surface area contributed by atoms with Gasteiger partial charge in [-0.1, -0.05) is 111 Å². The maximum Gasteiger partial charge on any atom is 0.230 e. The fourth-order valence-electron chi connectivity index (χ4n) is 12.3. The van der Waals surface area contributed by atoms with Crippen molar-refractivity contribution in [3.05, 3.63) is 108 Å². The lowest BCUT2D eigenvalue weighted by Gasteiger charge is -2.53. The quantitative estimate of drug-likeness (QED) is 0.227. The Labute approximate surface area is 333 Å². The zero-order valence-corrected chi connectivity index (χ0v) is 34.1. The highest BCUT2D eigenvalue weighted by atomic mass is 16.2. The maximum absolute atomic E-state index is 12.8. The van der Waals surface area contributed by atoms with Crippen molar-refractivity contribution in [1.29, 1.82) is 0 Å². The van der Waals surface area contributed by atoms with E-state index in [0.717, 1.165) is 45.3 Å². The minimum absolute atomic E-state index is 0.237. The molecule has 8 aliphatic rings. The maximum atomic E-state index is 12.8. The molecule has 4 bridgehead atoms. The smallest absolute Gasteiger partial charge is 0.230 e. The first-order chi connectivity index (χ1) is 27.0. The van der Waals surface area contributed by atoms with Gasteiger partial charge in [-0.15, -0.1) is 0 Å². The Kier molecular flexibility index (Phi) is 12.2. The molecule has 0 spiro atoms. The molecule has 11 rings (SSSR count). The fraction of sp³-hybridized carbons (Fsp3) is 0.612. The van der Waals surface area contributed by atoms with E-state index in [-0.39, 0.29) is 22.4 Å². The van der Waals surface area contributed by atoms with Gasteiger partial charge in [0.25, 0.3) is 0 Å². The van der Waals surface area contributed by atoms with Gasteiger partial charge in [0.05, 0.1) is 5.41 Å². The molecule has 6 heterocycles. The normalized spacial score (nSPS) is 32.8. The Balaban J connectivity index is 0.000000173. The number of carbonyl (C=O) groups is 1. The Morgan fingerprint density at radius 1 is 0.655 bits per heavy atom. The van der Waals surface area contributed by atoms with Crippen LogP contribution in [0.1, 0.15) is 113 Å². The zero-order valence-electron chi connectivity index (χ0n) is 34.1. The lowest BCUT2D eigenvalue weighted by atomic mass is 9.61. The summed E-state index contributed by atoms with van der Waals surface area (Å²) in [6, 6.07) is 33.5. The summed E-state index contributed by atoms with van der Waals surface area (Å²) in [5, 5.41) is 3.28. The van der Waals surface area contributed by atoms with E-state index >= 15 is 0 Å². The third-order valence-electron chi connectivity index (χ3n) is 15.5. The lowest BCUT2D eigenvalue weighted by molar-refractivity contribution is -0.126. The first-order valence-corrected chi connectivity index (χ1v) is 22.4. The first kappa shape index (κ1) is 38.8. The number of hydrogen-bond acceptors (Lipinski definition) is 5. The lowest BCUT2D eigenvalue weighted by Crippen LogP contribution is -2.58. The average molecular weight is 744 g/mol. The number of hydrogen-bond donors (Lipinski definition) is 1. The van der Waals surface area contributed by atoms with Gasteiger partial charge in [-0.05, 0) is 138 Å². The third-order valence-corrected chi connectivity index (χ3v) is 15.5. The SMILES string of the molecule is CCN(CC)CCN1CC2C(c3ccccc3)CC(N3CCCCC3)(CC2c2ccccc2)C1.O=C1NCC2(N3CCCC3)CCC1(c1ccccc1)CC2. The van der Waals surface area contributed by atoms with Gasteiger partial charge in [-0.25, -0.2) is 0 Å². The molecular weight excluding hydrogens is 675 g/mol. The highest BCUT2D eigenvalue weighted by molar-refractivity contribution is 5.89. The number of nitrogens with one attached hydrogen (secondary N) is 1. The van der Waals surface area contributed by atoms with Crippen molar-refractivity contribution in [2.75, 3.05) is 72.0 Å². The fourth-order valence-corrected chi connectivity index (χ4v) is 12.3. The van der Waals surface area contributed by atoms with Crippen molar-refractivity contribution in [1.82, 2.24) is 24.9 Å². The summed E-state index contributed by atoms with van der Waals surface area (Å²) < 4.78 is 0. The van der Waals surface area contributed by atoms with Crippen LogP contribution in [0.4, 0.5) is 0 Å². The minimum atomic E-state index is -0.277. The van der Waals surface area contributed by atoms with Crippen molar-refractivity contribution in [2.45, 2.75) is 113 Å². The van der Waals surface area contributed by atoms with E-state index in [9.17, 15) is 4.79 Å². The molecule has 2 atom stereocenters. The summed E-state index contributed by atoms with van der Waals surface area (Å²) in [7, 11) is 0. The Hall–Kier alpha value is -3.03. The monoisotopic (exact) mass is 744 g/mol. The number of carbonyl (C=O) groups excluding carboxylic acids is 1. The Bertz CT molecular complexity index is 1590. The topological polar surface area (TPSA) is 42.1 Å². The van der Waals surface area contributed by atoms with Gasteiger partial charge in [0.2, 0.25) is 5.91 Å². The zero-order chi connectivity index (χ0) is 37.7. The van der Waals surface area contributed by atoms with E-state index in [1.165, 1.54) is 103 Å². The van der Waals surface area contributed by atoms with Crippen molar-refractivity contribution in [3.63, 3.8) is 0 Å². The van der Waals surface area contributed by atoms with E-state index in [0.29, 0.717) is 17.8 Å². The van der Waals surface area contributed by atoms with Gasteiger partial charge in [-0.3, -0.25) is 19.5 Å². The molecule has 1 amide bonds. The van der Waals surface area contributed by atoms with E-state index < -0.39 is 0 Å². The number of fused-ring (bicyclic) bond motifs is 8. The van der Waals surface area contributed by atoms with Gasteiger partial charge in [-0.2, -0.15) is 0 Å². The summed E-state index contributed by atoms with van der Waals surface area (Å²) in [5.74, 6) is 2.22. The second kappa shape index (κ2) is 17.2. The van der Waals surface area contributed by atoms with Crippen LogP contribution in [0.25, 0.3) is 0 Å². The summed E-state index contributed by atoms with van der Waals surface area (Å²) in [5.41, 5.74) is 4.60. The van der Waals surface area contributed by atoms with Crippen molar-refractivity contribution in [3.8, 4) is 0 Å². The molecule has 6 nitrogen and oxygen atoms in total. The van der Waals surface area contributed by atoms with Crippen LogP contribution < -0.4 is 5.32 Å².